The lowest BCUT2D eigenvalue weighted by Crippen LogP contribution is -2.10. The molecule has 1 N–H and O–H groups in total. The van der Waals surface area contributed by atoms with Gasteiger partial charge in [-0.1, -0.05) is 23.7 Å². The Balaban J connectivity index is 2.39. The van der Waals surface area contributed by atoms with Gasteiger partial charge in [-0.2, -0.15) is 5.26 Å². The molecule has 0 bridgehead atoms. The molecule has 0 aliphatic heterocycles. The Morgan fingerprint density at radius 1 is 1.47 bits per heavy atom. The van der Waals surface area contributed by atoms with Gasteiger partial charge in [0.15, 0.2) is 0 Å². The van der Waals surface area contributed by atoms with Gasteiger partial charge in [-0.25, -0.2) is 0 Å². The van der Waals surface area contributed by atoms with Gasteiger partial charge >= 0.3 is 0 Å². The Hall–Kier alpha value is -1.50. The van der Waals surface area contributed by atoms with Crippen LogP contribution in [-0.4, -0.2) is 19.8 Å². The van der Waals surface area contributed by atoms with Gasteiger partial charge in [0, 0.05) is 6.54 Å². The highest BCUT2D eigenvalue weighted by atomic mass is 35.5. The molecule has 0 saturated carbocycles. The maximum atomic E-state index is 8.96. The van der Waals surface area contributed by atoms with E-state index in [2.05, 4.69) is 18.0 Å². The molecule has 0 heterocycles. The summed E-state index contributed by atoms with van der Waals surface area (Å²) in [6, 6.07) is 7.41. The van der Waals surface area contributed by atoms with Crippen molar-refractivity contribution in [1.82, 2.24) is 0 Å². The molecule has 0 radical (unpaired) electrons. The number of halogens is 1. The van der Waals surface area contributed by atoms with Crippen molar-refractivity contribution in [3.8, 4) is 6.07 Å². The number of nitriles is 1. The maximum absolute atomic E-state index is 8.96. The van der Waals surface area contributed by atoms with Gasteiger partial charge < -0.3 is 10.1 Å². The summed E-state index contributed by atoms with van der Waals surface area (Å²) in [5.41, 5.74) is 1.22. The number of nitrogens with zero attached hydrogens (tertiary/aromatic N) is 1. The Kier molecular flexibility index (Phi) is 6.16. The van der Waals surface area contributed by atoms with Gasteiger partial charge in [0.1, 0.15) is 6.07 Å². The second-order valence-corrected chi connectivity index (χ2v) is 3.80. The van der Waals surface area contributed by atoms with Gasteiger partial charge in [0.25, 0.3) is 0 Å². The molecule has 0 aromatic heterocycles. The Morgan fingerprint density at radius 2 is 2.29 bits per heavy atom. The predicted molar refractivity (Wildman–Crippen MR) is 70.3 cm³/mol. The Bertz CT molecular complexity index is 412. The smallest absolute Gasteiger partial charge is 0.103 e. The molecule has 1 rings (SSSR count). The molecule has 17 heavy (non-hydrogen) atoms. The van der Waals surface area contributed by atoms with Crippen LogP contribution in [0.5, 0.6) is 0 Å². The summed E-state index contributed by atoms with van der Waals surface area (Å²) in [5.74, 6) is 0. The van der Waals surface area contributed by atoms with Gasteiger partial charge in [-0.05, 0) is 18.6 Å². The van der Waals surface area contributed by atoms with Crippen LogP contribution in [-0.2, 0) is 4.74 Å². The fraction of sp³-hybridized carbons (Fsp3) is 0.308. The van der Waals surface area contributed by atoms with Crippen molar-refractivity contribution in [2.45, 2.75) is 6.42 Å². The number of ether oxygens (including phenoxy) is 1. The lowest BCUT2D eigenvalue weighted by atomic mass is 10.2. The van der Waals surface area contributed by atoms with Crippen LogP contribution in [0.25, 0.3) is 0 Å². The Morgan fingerprint density at radius 3 is 3.00 bits per heavy atom. The van der Waals surface area contributed by atoms with Crippen molar-refractivity contribution in [3.63, 3.8) is 0 Å². The summed E-state index contributed by atoms with van der Waals surface area (Å²) in [7, 11) is 0. The number of hydrogen-bond acceptors (Lipinski definition) is 3. The van der Waals surface area contributed by atoms with E-state index in [0.717, 1.165) is 12.1 Å². The molecule has 0 aliphatic carbocycles. The first-order valence-electron chi connectivity index (χ1n) is 5.40. The second-order valence-electron chi connectivity index (χ2n) is 3.39. The largest absolute Gasteiger partial charge is 0.382 e. The zero-order valence-electron chi connectivity index (χ0n) is 9.58. The third-order valence-electron chi connectivity index (χ3n) is 2.15. The van der Waals surface area contributed by atoms with Crippen molar-refractivity contribution < 1.29 is 4.74 Å². The lowest BCUT2D eigenvalue weighted by molar-refractivity contribution is 0.149. The van der Waals surface area contributed by atoms with Crippen LogP contribution in [0.1, 0.15) is 12.0 Å². The molecule has 3 nitrogen and oxygen atoms in total. The molecule has 0 amide bonds. The average molecular weight is 251 g/mol. The predicted octanol–water partition coefficient (Wildman–Crippen LogP) is 3.22. The standard InChI is InChI=1S/C13H15ClN2O/c1-2-3-8-17-9-7-16-13-6-4-5-12(14)11(13)10-15/h2,4-6,16H,1,3,7-9H2. The summed E-state index contributed by atoms with van der Waals surface area (Å²) in [6.07, 6.45) is 2.67. The molecular weight excluding hydrogens is 236 g/mol. The molecule has 1 aromatic rings. The zero-order valence-corrected chi connectivity index (χ0v) is 10.3. The Labute approximate surface area is 107 Å². The normalized spacial score (nSPS) is 9.65. The third kappa shape index (κ3) is 4.48. The van der Waals surface area contributed by atoms with Gasteiger partial charge in [-0.3, -0.25) is 0 Å². The molecule has 0 atom stereocenters. The molecule has 0 fully saturated rings. The SMILES string of the molecule is C=CCCOCCNc1cccc(Cl)c1C#N. The van der Waals surface area contributed by atoms with Crippen molar-refractivity contribution in [1.29, 1.82) is 5.26 Å². The van der Waals surface area contributed by atoms with E-state index in [1.807, 2.05) is 18.2 Å². The molecule has 4 heteroatoms. The van der Waals surface area contributed by atoms with Crippen LogP contribution in [0, 0.1) is 11.3 Å². The number of hydrogen-bond donors (Lipinski definition) is 1. The fourth-order valence-electron chi connectivity index (χ4n) is 1.31. The topological polar surface area (TPSA) is 45.0 Å². The molecule has 90 valence electrons. The number of rotatable bonds is 7. The van der Waals surface area contributed by atoms with Crippen molar-refractivity contribution in [2.24, 2.45) is 0 Å². The lowest BCUT2D eigenvalue weighted by Gasteiger charge is -2.09. The van der Waals surface area contributed by atoms with E-state index < -0.39 is 0 Å². The highest BCUT2D eigenvalue weighted by molar-refractivity contribution is 6.32. The minimum Gasteiger partial charge on any atom is -0.382 e. The van der Waals surface area contributed by atoms with Crippen LogP contribution in [0.2, 0.25) is 5.02 Å². The highest BCUT2D eigenvalue weighted by Crippen LogP contribution is 2.22. The van der Waals surface area contributed by atoms with Gasteiger partial charge in [-0.15, -0.1) is 6.58 Å². The fourth-order valence-corrected chi connectivity index (χ4v) is 1.53. The summed E-state index contributed by atoms with van der Waals surface area (Å²) in [4.78, 5) is 0. The minimum absolute atomic E-state index is 0.463. The summed E-state index contributed by atoms with van der Waals surface area (Å²) in [6.45, 7) is 5.52. The monoisotopic (exact) mass is 250 g/mol. The first-order valence-corrected chi connectivity index (χ1v) is 5.78. The van der Waals surface area contributed by atoms with Crippen LogP contribution in [0.15, 0.2) is 30.9 Å². The zero-order chi connectivity index (χ0) is 12.5. The first kappa shape index (κ1) is 13.6. The van der Waals surface area contributed by atoms with E-state index in [1.165, 1.54) is 0 Å². The number of nitrogens with one attached hydrogen (secondary N) is 1. The summed E-state index contributed by atoms with van der Waals surface area (Å²) in [5, 5.41) is 12.5. The summed E-state index contributed by atoms with van der Waals surface area (Å²) >= 11 is 5.91. The van der Waals surface area contributed by atoms with E-state index in [9.17, 15) is 0 Å². The van der Waals surface area contributed by atoms with Crippen LogP contribution in [0.3, 0.4) is 0 Å². The van der Waals surface area contributed by atoms with E-state index >= 15 is 0 Å². The van der Waals surface area contributed by atoms with Crippen molar-refractivity contribution in [3.05, 3.63) is 41.4 Å². The highest BCUT2D eigenvalue weighted by Gasteiger charge is 2.04. The second kappa shape index (κ2) is 7.72. The molecule has 0 aliphatic rings. The van der Waals surface area contributed by atoms with Crippen molar-refractivity contribution in [2.75, 3.05) is 25.1 Å². The van der Waals surface area contributed by atoms with E-state index in [0.29, 0.717) is 30.3 Å². The van der Waals surface area contributed by atoms with Crippen LogP contribution < -0.4 is 5.32 Å². The molecular formula is C13H15ClN2O. The van der Waals surface area contributed by atoms with E-state index in [4.69, 9.17) is 21.6 Å². The minimum atomic E-state index is 0.463. The molecule has 0 unspecified atom stereocenters. The molecule has 1 aromatic carbocycles. The summed E-state index contributed by atoms with van der Waals surface area (Å²) < 4.78 is 5.35. The molecule has 0 spiro atoms. The quantitative estimate of drug-likeness (QED) is 0.597. The van der Waals surface area contributed by atoms with Gasteiger partial charge in [0.05, 0.1) is 29.5 Å². The van der Waals surface area contributed by atoms with Crippen molar-refractivity contribution >= 4 is 17.3 Å². The van der Waals surface area contributed by atoms with Gasteiger partial charge in [0.2, 0.25) is 0 Å². The maximum Gasteiger partial charge on any atom is 0.103 e. The number of benzene rings is 1. The first-order chi connectivity index (χ1) is 8.29. The average Bonchev–Trinajstić information content (AvgIpc) is 2.34. The third-order valence-corrected chi connectivity index (χ3v) is 2.47. The van der Waals surface area contributed by atoms with Crippen LogP contribution in [0.4, 0.5) is 5.69 Å². The van der Waals surface area contributed by atoms with E-state index in [-0.39, 0.29) is 0 Å². The van der Waals surface area contributed by atoms with E-state index in [1.54, 1.807) is 6.07 Å². The number of anilines is 1. The molecule has 0 saturated heterocycles. The van der Waals surface area contributed by atoms with Crippen LogP contribution >= 0.6 is 11.6 Å².